The number of nitrogens with two attached hydrogens (primary N) is 2. The molecule has 0 aromatic heterocycles. The van der Waals surface area contributed by atoms with Crippen LogP contribution < -0.4 is 11.5 Å². The maximum absolute atomic E-state index is 13.2. The lowest BCUT2D eigenvalue weighted by atomic mass is 9.83. The second-order valence-corrected chi connectivity index (χ2v) is 8.11. The highest BCUT2D eigenvalue weighted by atomic mass is 32.2. The Kier molecular flexibility index (Phi) is 4.54. The number of rotatable bonds is 3. The fourth-order valence-electron chi connectivity index (χ4n) is 3.17. The molecule has 1 atom stereocenters. The van der Waals surface area contributed by atoms with Gasteiger partial charge in [-0.1, -0.05) is 48.2 Å². The van der Waals surface area contributed by atoms with Gasteiger partial charge in [0.05, 0.1) is 11.3 Å². The molecule has 0 heterocycles. The number of para-hydroxylation sites is 1. The average molecular weight is 409 g/mol. The largest absolute Gasteiger partial charge is 0.768 e. The van der Waals surface area contributed by atoms with Gasteiger partial charge in [0.1, 0.15) is 0 Å². The number of anilines is 2. The van der Waals surface area contributed by atoms with E-state index in [2.05, 4.69) is 0 Å². The van der Waals surface area contributed by atoms with Gasteiger partial charge in [0.2, 0.25) is 0 Å². The summed E-state index contributed by atoms with van der Waals surface area (Å²) in [7, 11) is 0. The van der Waals surface area contributed by atoms with Crippen LogP contribution in [-0.4, -0.2) is 20.3 Å². The van der Waals surface area contributed by atoms with E-state index in [1.54, 1.807) is 42.5 Å². The van der Waals surface area contributed by atoms with Crippen molar-refractivity contribution in [3.63, 3.8) is 0 Å². The Morgan fingerprint density at radius 2 is 1.39 bits per heavy atom. The summed E-state index contributed by atoms with van der Waals surface area (Å²) in [5.41, 5.74) is 12.7. The SMILES string of the molecule is Nc1ccccc1Sc1cc(S(=O)[O-])c(N)c2c1C(=O)c1ccccc1C2=O. The molecule has 0 bridgehead atoms. The lowest BCUT2D eigenvalue weighted by molar-refractivity contribution is 0.0977. The predicted molar refractivity (Wildman–Crippen MR) is 106 cm³/mol. The van der Waals surface area contributed by atoms with Crippen molar-refractivity contribution in [3.8, 4) is 0 Å². The molecule has 3 aromatic carbocycles. The quantitative estimate of drug-likeness (QED) is 0.393. The molecule has 4 N–H and O–H groups in total. The fraction of sp³-hybridized carbons (Fsp3) is 0. The number of hydrogen-bond acceptors (Lipinski definition) is 7. The first-order valence-corrected chi connectivity index (χ1v) is 10.1. The van der Waals surface area contributed by atoms with E-state index in [0.29, 0.717) is 15.5 Å². The lowest BCUT2D eigenvalue weighted by Crippen LogP contribution is -2.24. The third-order valence-corrected chi connectivity index (χ3v) is 6.31. The summed E-state index contributed by atoms with van der Waals surface area (Å²) in [6.07, 6.45) is 0. The number of nitrogen functional groups attached to an aromatic ring is 2. The monoisotopic (exact) mass is 409 g/mol. The minimum atomic E-state index is -2.68. The molecule has 0 saturated heterocycles. The third-order valence-electron chi connectivity index (χ3n) is 4.48. The zero-order valence-electron chi connectivity index (χ0n) is 14.3. The molecule has 0 spiro atoms. The molecule has 4 rings (SSSR count). The molecular formula is C20H13N2O4S2-. The molecule has 0 fully saturated rings. The Bertz CT molecular complexity index is 1190. The van der Waals surface area contributed by atoms with Gasteiger partial charge in [0.25, 0.3) is 0 Å². The molecule has 0 aliphatic heterocycles. The summed E-state index contributed by atoms with van der Waals surface area (Å²) in [6, 6.07) is 14.7. The van der Waals surface area contributed by atoms with Crippen molar-refractivity contribution in [2.45, 2.75) is 14.7 Å². The highest BCUT2D eigenvalue weighted by molar-refractivity contribution is 7.99. The van der Waals surface area contributed by atoms with Crippen molar-refractivity contribution in [1.82, 2.24) is 0 Å². The van der Waals surface area contributed by atoms with Crippen LogP contribution in [0.15, 0.2) is 69.3 Å². The molecule has 8 heteroatoms. The van der Waals surface area contributed by atoms with Crippen LogP contribution in [0.5, 0.6) is 0 Å². The van der Waals surface area contributed by atoms with Crippen LogP contribution in [0.25, 0.3) is 0 Å². The van der Waals surface area contributed by atoms with Gasteiger partial charge >= 0.3 is 0 Å². The third kappa shape index (κ3) is 2.82. The Balaban J connectivity index is 2.01. The van der Waals surface area contributed by atoms with Crippen LogP contribution in [0.4, 0.5) is 11.4 Å². The molecular weight excluding hydrogens is 396 g/mol. The van der Waals surface area contributed by atoms with Crippen molar-refractivity contribution in [3.05, 3.63) is 76.9 Å². The van der Waals surface area contributed by atoms with E-state index in [0.717, 1.165) is 11.8 Å². The van der Waals surface area contributed by atoms with Gasteiger partial charge < -0.3 is 16.0 Å². The van der Waals surface area contributed by atoms with E-state index in [-0.39, 0.29) is 38.6 Å². The summed E-state index contributed by atoms with van der Waals surface area (Å²) in [5, 5.41) is 0. The lowest BCUT2D eigenvalue weighted by Gasteiger charge is -2.24. The normalized spacial score (nSPS) is 13.8. The van der Waals surface area contributed by atoms with E-state index < -0.39 is 16.9 Å². The topological polar surface area (TPSA) is 126 Å². The summed E-state index contributed by atoms with van der Waals surface area (Å²) in [6.45, 7) is 0. The zero-order chi connectivity index (χ0) is 20.0. The molecule has 140 valence electrons. The van der Waals surface area contributed by atoms with E-state index >= 15 is 0 Å². The number of benzene rings is 3. The molecule has 6 nitrogen and oxygen atoms in total. The maximum Gasteiger partial charge on any atom is 0.196 e. The van der Waals surface area contributed by atoms with Gasteiger partial charge in [-0.05, 0) is 29.3 Å². The van der Waals surface area contributed by atoms with Crippen molar-refractivity contribution in [2.24, 2.45) is 0 Å². The van der Waals surface area contributed by atoms with Gasteiger partial charge in [-0.3, -0.25) is 13.8 Å². The number of hydrogen-bond donors (Lipinski definition) is 2. The second kappa shape index (κ2) is 6.90. The van der Waals surface area contributed by atoms with E-state index in [9.17, 15) is 18.4 Å². The first kappa shape index (κ1) is 18.4. The van der Waals surface area contributed by atoms with Crippen molar-refractivity contribution in [2.75, 3.05) is 11.5 Å². The van der Waals surface area contributed by atoms with Crippen LogP contribution in [0.3, 0.4) is 0 Å². The van der Waals surface area contributed by atoms with E-state index in [4.69, 9.17) is 11.5 Å². The Labute approximate surface area is 167 Å². The minimum absolute atomic E-state index is 0.0811. The Hall–Kier alpha value is -2.94. The Morgan fingerprint density at radius 3 is 2.00 bits per heavy atom. The van der Waals surface area contributed by atoms with E-state index in [1.165, 1.54) is 12.1 Å². The van der Waals surface area contributed by atoms with Gasteiger partial charge in [-0.25, -0.2) is 0 Å². The molecule has 0 saturated carbocycles. The van der Waals surface area contributed by atoms with Gasteiger partial charge in [0, 0.05) is 37.1 Å². The maximum atomic E-state index is 13.2. The van der Waals surface area contributed by atoms with Crippen LogP contribution in [0.1, 0.15) is 31.8 Å². The molecule has 1 aliphatic rings. The molecule has 1 unspecified atom stereocenters. The summed E-state index contributed by atoms with van der Waals surface area (Å²) >= 11 is -1.56. The highest BCUT2D eigenvalue weighted by Gasteiger charge is 2.35. The molecule has 3 aromatic rings. The number of carbonyl (C=O) groups is 2. The van der Waals surface area contributed by atoms with E-state index in [1.807, 2.05) is 0 Å². The van der Waals surface area contributed by atoms with Crippen LogP contribution in [0.2, 0.25) is 0 Å². The van der Waals surface area contributed by atoms with Gasteiger partial charge in [0.15, 0.2) is 11.6 Å². The molecule has 0 radical (unpaired) electrons. The smallest absolute Gasteiger partial charge is 0.196 e. The number of ketones is 2. The molecule has 0 amide bonds. The average Bonchev–Trinajstić information content (AvgIpc) is 2.68. The molecule has 1 aliphatic carbocycles. The zero-order valence-corrected chi connectivity index (χ0v) is 15.9. The second-order valence-electron chi connectivity index (χ2n) is 6.11. The standard InChI is InChI=1S/C20H14N2O4S2/c21-12-7-3-4-8-13(12)27-14-9-15(28(25)26)18(22)17-16(14)19(23)10-5-1-2-6-11(10)20(17)24/h1-9H,21-22H2,(H,25,26)/p-1. The number of carbonyl (C=O) groups excluding carboxylic acids is 2. The Morgan fingerprint density at radius 1 is 0.821 bits per heavy atom. The van der Waals surface area contributed by atoms with Crippen molar-refractivity contribution in [1.29, 1.82) is 0 Å². The van der Waals surface area contributed by atoms with Crippen molar-refractivity contribution < 1.29 is 18.4 Å². The fourth-order valence-corrected chi connectivity index (χ4v) is 4.78. The summed E-state index contributed by atoms with van der Waals surface area (Å²) in [4.78, 5) is 27.0. The highest BCUT2D eigenvalue weighted by Crippen LogP contribution is 2.43. The first-order chi connectivity index (χ1) is 13.4. The van der Waals surface area contributed by atoms with Gasteiger partial charge in [-0.15, -0.1) is 0 Å². The van der Waals surface area contributed by atoms with Crippen LogP contribution >= 0.6 is 11.8 Å². The molecule has 28 heavy (non-hydrogen) atoms. The van der Waals surface area contributed by atoms with Crippen LogP contribution in [-0.2, 0) is 11.1 Å². The minimum Gasteiger partial charge on any atom is -0.768 e. The summed E-state index contributed by atoms with van der Waals surface area (Å²) < 4.78 is 23.4. The van der Waals surface area contributed by atoms with Crippen LogP contribution in [0, 0.1) is 0 Å². The van der Waals surface area contributed by atoms with Gasteiger partial charge in [-0.2, -0.15) is 0 Å². The predicted octanol–water partition coefficient (Wildman–Crippen LogP) is 3.02. The summed E-state index contributed by atoms with van der Waals surface area (Å²) in [5.74, 6) is -0.852. The number of fused-ring (bicyclic) bond motifs is 2. The van der Waals surface area contributed by atoms with Crippen molar-refractivity contribution >= 4 is 45.8 Å². The first-order valence-electron chi connectivity index (χ1n) is 8.16.